The van der Waals surface area contributed by atoms with Crippen molar-refractivity contribution in [2.24, 2.45) is 0 Å². The van der Waals surface area contributed by atoms with Gasteiger partial charge in [0.1, 0.15) is 11.6 Å². The average molecular weight is 260 g/mol. The zero-order valence-corrected chi connectivity index (χ0v) is 11.1. The van der Waals surface area contributed by atoms with E-state index in [0.717, 1.165) is 5.69 Å². The molecule has 2 aromatic rings. The molecule has 0 fully saturated rings. The summed E-state index contributed by atoms with van der Waals surface area (Å²) in [5.41, 5.74) is 7.20. The Morgan fingerprint density at radius 1 is 1.26 bits per heavy atom. The third-order valence-electron chi connectivity index (χ3n) is 2.88. The highest BCUT2D eigenvalue weighted by molar-refractivity contribution is 5.39. The molecule has 4 nitrogen and oxygen atoms in total. The number of rotatable bonds is 4. The van der Waals surface area contributed by atoms with Gasteiger partial charge in [-0.05, 0) is 25.0 Å². The van der Waals surface area contributed by atoms with Crippen molar-refractivity contribution in [2.45, 2.75) is 13.3 Å². The van der Waals surface area contributed by atoms with E-state index in [-0.39, 0.29) is 5.82 Å². The zero-order valence-electron chi connectivity index (χ0n) is 11.1. The molecule has 1 aromatic heterocycles. The number of nitrogens with two attached hydrogens (primary N) is 1. The number of benzene rings is 1. The summed E-state index contributed by atoms with van der Waals surface area (Å²) in [5, 5.41) is 0. The van der Waals surface area contributed by atoms with Crippen LogP contribution in [0.4, 0.5) is 16.2 Å². The van der Waals surface area contributed by atoms with Crippen LogP contribution in [0.25, 0.3) is 0 Å². The maximum Gasteiger partial charge on any atom is 0.227 e. The van der Waals surface area contributed by atoms with E-state index in [4.69, 9.17) is 5.73 Å². The first-order valence-corrected chi connectivity index (χ1v) is 6.12. The third-order valence-corrected chi connectivity index (χ3v) is 2.88. The van der Waals surface area contributed by atoms with Crippen molar-refractivity contribution in [1.82, 2.24) is 9.97 Å². The number of nitrogen functional groups attached to an aromatic ring is 1. The molecule has 0 unspecified atom stereocenters. The van der Waals surface area contributed by atoms with Gasteiger partial charge < -0.3 is 10.6 Å². The predicted molar refractivity (Wildman–Crippen MR) is 74.6 cm³/mol. The normalized spacial score (nSPS) is 10.5. The van der Waals surface area contributed by atoms with Gasteiger partial charge >= 0.3 is 0 Å². The quantitative estimate of drug-likeness (QED) is 0.915. The maximum absolute atomic E-state index is 13.5. The second-order valence-corrected chi connectivity index (χ2v) is 4.50. The van der Waals surface area contributed by atoms with Gasteiger partial charge in [0.2, 0.25) is 5.95 Å². The minimum atomic E-state index is -0.180. The van der Waals surface area contributed by atoms with Gasteiger partial charge in [0.25, 0.3) is 0 Å². The minimum Gasteiger partial charge on any atom is -0.384 e. The van der Waals surface area contributed by atoms with Crippen molar-refractivity contribution in [3.63, 3.8) is 0 Å². The molecule has 0 aliphatic heterocycles. The predicted octanol–water partition coefficient (Wildman–Crippen LogP) is 2.19. The highest BCUT2D eigenvalue weighted by Gasteiger charge is 2.08. The molecular formula is C14H17FN4. The molecule has 0 saturated carbocycles. The minimum absolute atomic E-state index is 0.180. The van der Waals surface area contributed by atoms with E-state index in [9.17, 15) is 4.39 Å². The van der Waals surface area contributed by atoms with Crippen molar-refractivity contribution >= 4 is 11.8 Å². The molecule has 1 heterocycles. The smallest absolute Gasteiger partial charge is 0.227 e. The van der Waals surface area contributed by atoms with Crippen LogP contribution in [0.2, 0.25) is 0 Å². The van der Waals surface area contributed by atoms with E-state index in [0.29, 0.717) is 30.3 Å². The van der Waals surface area contributed by atoms with Gasteiger partial charge in [-0.1, -0.05) is 18.2 Å². The summed E-state index contributed by atoms with van der Waals surface area (Å²) < 4.78 is 13.5. The topological polar surface area (TPSA) is 55.0 Å². The van der Waals surface area contributed by atoms with Crippen LogP contribution >= 0.6 is 0 Å². The van der Waals surface area contributed by atoms with Gasteiger partial charge in [-0.25, -0.2) is 9.37 Å². The average Bonchev–Trinajstić information content (AvgIpc) is 2.36. The van der Waals surface area contributed by atoms with Crippen LogP contribution in [0.3, 0.4) is 0 Å². The number of hydrogen-bond donors (Lipinski definition) is 1. The zero-order chi connectivity index (χ0) is 13.8. The van der Waals surface area contributed by atoms with Crippen molar-refractivity contribution in [3.05, 3.63) is 47.4 Å². The lowest BCUT2D eigenvalue weighted by Crippen LogP contribution is -2.23. The molecule has 0 radical (unpaired) electrons. The number of anilines is 2. The molecule has 0 aliphatic carbocycles. The Balaban J connectivity index is 2.05. The summed E-state index contributed by atoms with van der Waals surface area (Å²) in [4.78, 5) is 10.3. The van der Waals surface area contributed by atoms with Crippen LogP contribution in [0.5, 0.6) is 0 Å². The Hall–Kier alpha value is -2.17. The van der Waals surface area contributed by atoms with Crippen molar-refractivity contribution in [2.75, 3.05) is 24.2 Å². The monoisotopic (exact) mass is 260 g/mol. The Labute approximate surface area is 112 Å². The van der Waals surface area contributed by atoms with Crippen molar-refractivity contribution < 1.29 is 4.39 Å². The molecule has 0 amide bonds. The number of aromatic nitrogens is 2. The highest BCUT2D eigenvalue weighted by Crippen LogP contribution is 2.12. The molecule has 2 N–H and O–H groups in total. The largest absolute Gasteiger partial charge is 0.384 e. The van der Waals surface area contributed by atoms with Crippen LogP contribution in [-0.2, 0) is 6.42 Å². The number of aryl methyl sites for hydroxylation is 1. The van der Waals surface area contributed by atoms with E-state index in [2.05, 4.69) is 9.97 Å². The van der Waals surface area contributed by atoms with Gasteiger partial charge in [0.15, 0.2) is 0 Å². The molecule has 0 atom stereocenters. The summed E-state index contributed by atoms with van der Waals surface area (Å²) in [6.07, 6.45) is 0.598. The summed E-state index contributed by atoms with van der Waals surface area (Å²) in [6, 6.07) is 8.49. The molecule has 0 bridgehead atoms. The number of hydrogen-bond acceptors (Lipinski definition) is 4. The van der Waals surface area contributed by atoms with Gasteiger partial charge in [-0.15, -0.1) is 0 Å². The number of likely N-dealkylation sites (N-methyl/N-ethyl adjacent to an activating group) is 1. The fraction of sp³-hybridized carbons (Fsp3) is 0.286. The first kappa shape index (κ1) is 13.3. The molecule has 5 heteroatoms. The fourth-order valence-electron chi connectivity index (χ4n) is 1.84. The third kappa shape index (κ3) is 3.40. The highest BCUT2D eigenvalue weighted by atomic mass is 19.1. The van der Waals surface area contributed by atoms with Gasteiger partial charge in [-0.2, -0.15) is 4.98 Å². The molecule has 0 saturated heterocycles. The summed E-state index contributed by atoms with van der Waals surface area (Å²) >= 11 is 0. The molecule has 0 spiro atoms. The van der Waals surface area contributed by atoms with Gasteiger partial charge in [0.05, 0.1) is 0 Å². The molecule has 2 rings (SSSR count). The summed E-state index contributed by atoms with van der Waals surface area (Å²) in [6.45, 7) is 2.50. The molecule has 19 heavy (non-hydrogen) atoms. The van der Waals surface area contributed by atoms with Crippen molar-refractivity contribution in [3.8, 4) is 0 Å². The van der Waals surface area contributed by atoms with Gasteiger partial charge in [0, 0.05) is 25.4 Å². The lowest BCUT2D eigenvalue weighted by atomic mass is 10.1. The van der Waals surface area contributed by atoms with Crippen LogP contribution in [0, 0.1) is 12.7 Å². The van der Waals surface area contributed by atoms with Crippen molar-refractivity contribution in [1.29, 1.82) is 0 Å². The Morgan fingerprint density at radius 3 is 2.68 bits per heavy atom. The second-order valence-electron chi connectivity index (χ2n) is 4.50. The fourth-order valence-corrected chi connectivity index (χ4v) is 1.84. The molecule has 0 aliphatic rings. The van der Waals surface area contributed by atoms with E-state index in [1.165, 1.54) is 6.07 Å². The Bertz CT molecular complexity index is 551. The Morgan fingerprint density at radius 2 is 2.00 bits per heavy atom. The van der Waals surface area contributed by atoms with E-state index in [1.807, 2.05) is 24.9 Å². The molecule has 100 valence electrons. The Kier molecular flexibility index (Phi) is 3.94. The lowest BCUT2D eigenvalue weighted by Gasteiger charge is -2.17. The van der Waals surface area contributed by atoms with Crippen LogP contribution in [0.15, 0.2) is 30.3 Å². The summed E-state index contributed by atoms with van der Waals surface area (Å²) in [5.74, 6) is 0.828. The SMILES string of the molecule is Cc1cc(N)nc(N(C)CCc2ccccc2F)n1. The summed E-state index contributed by atoms with van der Waals surface area (Å²) in [7, 11) is 1.87. The number of halogens is 1. The second kappa shape index (κ2) is 5.65. The number of nitrogens with zero attached hydrogens (tertiary/aromatic N) is 3. The maximum atomic E-state index is 13.5. The lowest BCUT2D eigenvalue weighted by molar-refractivity contribution is 0.608. The first-order valence-electron chi connectivity index (χ1n) is 6.12. The van der Waals surface area contributed by atoms with Crippen LogP contribution in [0.1, 0.15) is 11.3 Å². The van der Waals surface area contributed by atoms with E-state index in [1.54, 1.807) is 18.2 Å². The van der Waals surface area contributed by atoms with E-state index < -0.39 is 0 Å². The standard InChI is InChI=1S/C14H17FN4/c1-10-9-13(16)18-14(17-10)19(2)8-7-11-5-3-4-6-12(11)15/h3-6,9H,7-8H2,1-2H3,(H2,16,17,18). The van der Waals surface area contributed by atoms with Crippen LogP contribution < -0.4 is 10.6 Å². The molecule has 1 aromatic carbocycles. The van der Waals surface area contributed by atoms with Gasteiger partial charge in [-0.3, -0.25) is 0 Å². The van der Waals surface area contributed by atoms with E-state index >= 15 is 0 Å². The van der Waals surface area contributed by atoms with Crippen LogP contribution in [-0.4, -0.2) is 23.6 Å². The first-order chi connectivity index (χ1) is 9.06. The molecular weight excluding hydrogens is 243 g/mol.